The van der Waals surface area contributed by atoms with Crippen LogP contribution in [0, 0.1) is 5.41 Å². The van der Waals surface area contributed by atoms with E-state index in [4.69, 9.17) is 14.9 Å². The van der Waals surface area contributed by atoms with Crippen LogP contribution in [0.3, 0.4) is 0 Å². The SMILES string of the molecule is CC(C=CC1=C(C)CCCC1(C)C)=CC=CC(C)=CCOC(C(=O)O)C(O)C(=O)O. The second-order valence-corrected chi connectivity index (χ2v) is 8.36. The lowest BCUT2D eigenvalue weighted by Gasteiger charge is -2.32. The molecule has 0 amide bonds. The van der Waals surface area contributed by atoms with Crippen LogP contribution in [-0.2, 0) is 14.3 Å². The van der Waals surface area contributed by atoms with Gasteiger partial charge in [-0.3, -0.25) is 0 Å². The number of aliphatic hydroxyl groups is 1. The van der Waals surface area contributed by atoms with Crippen molar-refractivity contribution in [1.82, 2.24) is 0 Å². The van der Waals surface area contributed by atoms with Gasteiger partial charge < -0.3 is 20.1 Å². The molecule has 0 aromatic carbocycles. The van der Waals surface area contributed by atoms with Crippen molar-refractivity contribution in [3.8, 4) is 0 Å². The summed E-state index contributed by atoms with van der Waals surface area (Å²) in [6.45, 7) is 10.5. The number of hydrogen-bond donors (Lipinski definition) is 3. The number of allylic oxidation sites excluding steroid dienone is 9. The molecule has 0 saturated heterocycles. The van der Waals surface area contributed by atoms with Gasteiger partial charge in [-0.2, -0.15) is 0 Å². The van der Waals surface area contributed by atoms with Crippen LogP contribution in [0.1, 0.15) is 53.9 Å². The normalized spacial score (nSPS) is 20.1. The first-order valence-corrected chi connectivity index (χ1v) is 10.1. The number of carboxylic acid groups (broad SMARTS) is 2. The Bertz CT molecular complexity index is 780. The molecule has 0 aromatic rings. The minimum atomic E-state index is -2.11. The second-order valence-electron chi connectivity index (χ2n) is 8.36. The van der Waals surface area contributed by atoms with Crippen molar-refractivity contribution in [1.29, 1.82) is 0 Å². The van der Waals surface area contributed by atoms with Gasteiger partial charge in [-0.15, -0.1) is 0 Å². The molecule has 0 saturated carbocycles. The maximum atomic E-state index is 11.0. The fraction of sp³-hybridized carbons (Fsp3) is 0.500. The fourth-order valence-corrected chi connectivity index (χ4v) is 3.41. The van der Waals surface area contributed by atoms with Gasteiger partial charge in [0.2, 0.25) is 0 Å². The van der Waals surface area contributed by atoms with Crippen LogP contribution < -0.4 is 0 Å². The topological polar surface area (TPSA) is 104 Å². The molecule has 0 bridgehead atoms. The van der Waals surface area contributed by atoms with Crippen molar-refractivity contribution in [2.24, 2.45) is 5.41 Å². The Morgan fingerprint density at radius 2 is 1.80 bits per heavy atom. The summed E-state index contributed by atoms with van der Waals surface area (Å²) >= 11 is 0. The minimum absolute atomic E-state index is 0.122. The number of aliphatic hydroxyl groups excluding tert-OH is 1. The zero-order valence-electron chi connectivity index (χ0n) is 18.5. The third kappa shape index (κ3) is 8.13. The highest BCUT2D eigenvalue weighted by Crippen LogP contribution is 2.40. The summed E-state index contributed by atoms with van der Waals surface area (Å²) in [4.78, 5) is 21.7. The standard InChI is InChI=1S/C24H34O6/c1-16(11-12-19-18(3)10-7-14-24(19,4)5)8-6-9-17(2)13-15-30-21(23(28)29)20(25)22(26)27/h6,8-9,11-13,20-21,25H,7,10,14-15H2,1-5H3,(H,26,27)(H,28,29). The zero-order valence-corrected chi connectivity index (χ0v) is 18.5. The Kier molecular flexibility index (Phi) is 9.96. The first-order chi connectivity index (χ1) is 14.0. The zero-order chi connectivity index (χ0) is 22.9. The highest BCUT2D eigenvalue weighted by molar-refractivity contribution is 5.83. The van der Waals surface area contributed by atoms with Crippen LogP contribution in [0.25, 0.3) is 0 Å². The largest absolute Gasteiger partial charge is 0.479 e. The van der Waals surface area contributed by atoms with E-state index < -0.39 is 24.1 Å². The molecule has 1 aliphatic rings. The molecule has 0 aromatic heterocycles. The van der Waals surface area contributed by atoms with E-state index in [0.29, 0.717) is 0 Å². The quantitative estimate of drug-likeness (QED) is 0.453. The Labute approximate surface area is 178 Å². The summed E-state index contributed by atoms with van der Waals surface area (Å²) in [7, 11) is 0. The third-order valence-corrected chi connectivity index (χ3v) is 5.24. The lowest BCUT2D eigenvalue weighted by molar-refractivity contribution is -0.169. The molecule has 0 fully saturated rings. The molecular formula is C24H34O6. The lowest BCUT2D eigenvalue weighted by atomic mass is 9.72. The van der Waals surface area contributed by atoms with Gasteiger partial charge >= 0.3 is 11.9 Å². The van der Waals surface area contributed by atoms with Crippen molar-refractivity contribution in [3.05, 3.63) is 58.7 Å². The van der Waals surface area contributed by atoms with Crippen LogP contribution in [0.2, 0.25) is 0 Å². The maximum absolute atomic E-state index is 11.0. The van der Waals surface area contributed by atoms with E-state index in [2.05, 4.69) is 32.9 Å². The average molecular weight is 419 g/mol. The van der Waals surface area contributed by atoms with Crippen LogP contribution in [0.15, 0.2) is 58.7 Å². The molecule has 2 atom stereocenters. The molecule has 0 aliphatic heterocycles. The van der Waals surface area contributed by atoms with E-state index in [-0.39, 0.29) is 12.0 Å². The fourth-order valence-electron chi connectivity index (χ4n) is 3.41. The molecule has 166 valence electrons. The third-order valence-electron chi connectivity index (χ3n) is 5.24. The molecule has 0 spiro atoms. The Morgan fingerprint density at radius 3 is 2.37 bits per heavy atom. The van der Waals surface area contributed by atoms with Crippen LogP contribution >= 0.6 is 0 Å². The molecule has 30 heavy (non-hydrogen) atoms. The smallest absolute Gasteiger partial charge is 0.336 e. The highest BCUT2D eigenvalue weighted by Gasteiger charge is 2.32. The lowest BCUT2D eigenvalue weighted by Crippen LogP contribution is -2.41. The summed E-state index contributed by atoms with van der Waals surface area (Å²) in [6.07, 6.45) is 11.3. The molecule has 1 aliphatic carbocycles. The van der Waals surface area contributed by atoms with Crippen LogP contribution in [0.4, 0.5) is 0 Å². The monoisotopic (exact) mass is 418 g/mol. The number of hydrogen-bond acceptors (Lipinski definition) is 4. The van der Waals surface area contributed by atoms with Gasteiger partial charge in [0.15, 0.2) is 12.2 Å². The van der Waals surface area contributed by atoms with Crippen molar-refractivity contribution < 1.29 is 29.6 Å². The number of ether oxygens (including phenoxy) is 1. The van der Waals surface area contributed by atoms with E-state index in [1.807, 2.05) is 32.1 Å². The first kappa shape index (κ1) is 25.6. The van der Waals surface area contributed by atoms with Gasteiger partial charge in [0.05, 0.1) is 6.61 Å². The molecule has 0 radical (unpaired) electrons. The summed E-state index contributed by atoms with van der Waals surface area (Å²) in [6, 6.07) is 0. The number of rotatable bonds is 10. The molecule has 6 nitrogen and oxygen atoms in total. The number of carbonyl (C=O) groups is 2. The van der Waals surface area contributed by atoms with E-state index in [1.165, 1.54) is 24.0 Å². The Hall–Kier alpha value is -2.44. The van der Waals surface area contributed by atoms with E-state index in [0.717, 1.165) is 17.6 Å². The van der Waals surface area contributed by atoms with Crippen LogP contribution in [0.5, 0.6) is 0 Å². The predicted octanol–water partition coefficient (Wildman–Crippen LogP) is 4.43. The second kappa shape index (κ2) is 11.7. The number of aliphatic carboxylic acids is 2. The molecule has 6 heteroatoms. The van der Waals surface area contributed by atoms with E-state index >= 15 is 0 Å². The average Bonchev–Trinajstić information content (AvgIpc) is 2.63. The predicted molar refractivity (Wildman–Crippen MR) is 117 cm³/mol. The van der Waals surface area contributed by atoms with Gasteiger partial charge in [-0.25, -0.2) is 9.59 Å². The van der Waals surface area contributed by atoms with E-state index in [9.17, 15) is 14.7 Å². The number of carboxylic acids is 2. The Balaban J connectivity index is 2.67. The summed E-state index contributed by atoms with van der Waals surface area (Å²) in [5.74, 6) is -3.16. The minimum Gasteiger partial charge on any atom is -0.479 e. The van der Waals surface area contributed by atoms with Gasteiger partial charge in [-0.05, 0) is 51.0 Å². The Morgan fingerprint density at radius 1 is 1.13 bits per heavy atom. The van der Waals surface area contributed by atoms with Crippen molar-refractivity contribution in [3.63, 3.8) is 0 Å². The summed E-state index contributed by atoms with van der Waals surface area (Å²) < 4.78 is 4.99. The molecule has 1 rings (SSSR count). The molecule has 0 heterocycles. The van der Waals surface area contributed by atoms with Crippen molar-refractivity contribution in [2.45, 2.75) is 66.1 Å². The van der Waals surface area contributed by atoms with Gasteiger partial charge in [0.1, 0.15) is 0 Å². The van der Waals surface area contributed by atoms with Crippen molar-refractivity contribution in [2.75, 3.05) is 6.61 Å². The van der Waals surface area contributed by atoms with Gasteiger partial charge in [-0.1, -0.05) is 67.0 Å². The molecular weight excluding hydrogens is 384 g/mol. The van der Waals surface area contributed by atoms with Gasteiger partial charge in [0, 0.05) is 0 Å². The first-order valence-electron chi connectivity index (χ1n) is 10.1. The summed E-state index contributed by atoms with van der Waals surface area (Å²) in [5.41, 5.74) is 5.00. The molecule has 3 N–H and O–H groups in total. The van der Waals surface area contributed by atoms with Crippen LogP contribution in [-0.4, -0.2) is 46.1 Å². The van der Waals surface area contributed by atoms with Gasteiger partial charge in [0.25, 0.3) is 0 Å². The summed E-state index contributed by atoms with van der Waals surface area (Å²) in [5, 5.41) is 27.0. The highest BCUT2D eigenvalue weighted by atomic mass is 16.5. The molecule has 2 unspecified atom stereocenters. The van der Waals surface area contributed by atoms with Crippen molar-refractivity contribution >= 4 is 11.9 Å². The van der Waals surface area contributed by atoms with E-state index in [1.54, 1.807) is 6.08 Å². The maximum Gasteiger partial charge on any atom is 0.336 e.